The summed E-state index contributed by atoms with van der Waals surface area (Å²) in [6.45, 7) is 0.0814. The molecule has 0 aliphatic carbocycles. The SMILES string of the molecule is N#Cc1ncccc1CN1C(=O)C(=O)c2cccc(Cl)c21. The molecule has 0 N–H and O–H groups in total. The molecule has 5 nitrogen and oxygen atoms in total. The molecule has 6 heteroatoms. The van der Waals surface area contributed by atoms with Crippen molar-refractivity contribution >= 4 is 29.0 Å². The second-order valence-corrected chi connectivity index (χ2v) is 4.89. The number of carbonyl (C=O) groups is 2. The van der Waals surface area contributed by atoms with Gasteiger partial charge in [0.05, 0.1) is 22.8 Å². The Hall–Kier alpha value is -2.71. The van der Waals surface area contributed by atoms with Gasteiger partial charge in [-0.3, -0.25) is 14.5 Å². The number of Topliss-reactive ketones (excluding diaryl/α,β-unsaturated/α-hetero) is 1. The van der Waals surface area contributed by atoms with Gasteiger partial charge in [0.2, 0.25) is 0 Å². The van der Waals surface area contributed by atoms with Crippen molar-refractivity contribution in [1.29, 1.82) is 5.26 Å². The summed E-state index contributed by atoms with van der Waals surface area (Å²) >= 11 is 6.11. The third-order valence-electron chi connectivity index (χ3n) is 3.27. The Labute approximate surface area is 125 Å². The predicted octanol–water partition coefficient (Wildman–Crippen LogP) is 2.34. The Kier molecular flexibility index (Phi) is 3.16. The molecule has 0 radical (unpaired) electrons. The lowest BCUT2D eigenvalue weighted by Gasteiger charge is -2.17. The molecule has 1 aliphatic heterocycles. The molecule has 0 saturated heterocycles. The van der Waals surface area contributed by atoms with Gasteiger partial charge in [-0.15, -0.1) is 0 Å². The van der Waals surface area contributed by atoms with E-state index in [1.54, 1.807) is 30.3 Å². The van der Waals surface area contributed by atoms with Gasteiger partial charge in [0.1, 0.15) is 11.8 Å². The van der Waals surface area contributed by atoms with Crippen molar-refractivity contribution in [3.63, 3.8) is 0 Å². The van der Waals surface area contributed by atoms with Gasteiger partial charge >= 0.3 is 0 Å². The van der Waals surface area contributed by atoms with Gasteiger partial charge < -0.3 is 0 Å². The van der Waals surface area contributed by atoms with Crippen molar-refractivity contribution in [2.24, 2.45) is 0 Å². The van der Waals surface area contributed by atoms with Crippen LogP contribution in [0.2, 0.25) is 5.02 Å². The van der Waals surface area contributed by atoms with Crippen LogP contribution in [0.4, 0.5) is 5.69 Å². The van der Waals surface area contributed by atoms with E-state index in [-0.39, 0.29) is 17.8 Å². The van der Waals surface area contributed by atoms with Crippen LogP contribution in [0.1, 0.15) is 21.6 Å². The monoisotopic (exact) mass is 297 g/mol. The lowest BCUT2D eigenvalue weighted by molar-refractivity contribution is -0.114. The minimum atomic E-state index is -0.647. The number of hydrogen-bond acceptors (Lipinski definition) is 4. The molecule has 0 atom stereocenters. The Morgan fingerprint density at radius 2 is 2.05 bits per heavy atom. The summed E-state index contributed by atoms with van der Waals surface area (Å²) in [6.07, 6.45) is 1.50. The number of para-hydroxylation sites is 1. The first-order valence-corrected chi connectivity index (χ1v) is 6.50. The predicted molar refractivity (Wildman–Crippen MR) is 75.9 cm³/mol. The van der Waals surface area contributed by atoms with Crippen LogP contribution < -0.4 is 4.90 Å². The van der Waals surface area contributed by atoms with E-state index in [1.165, 1.54) is 11.1 Å². The molecular weight excluding hydrogens is 290 g/mol. The topological polar surface area (TPSA) is 74.1 Å². The molecule has 0 fully saturated rings. The number of amides is 1. The fraction of sp³-hybridized carbons (Fsp3) is 0.0667. The van der Waals surface area contributed by atoms with E-state index in [1.807, 2.05) is 6.07 Å². The summed E-state index contributed by atoms with van der Waals surface area (Å²) in [5.74, 6) is -1.24. The number of aromatic nitrogens is 1. The molecule has 2 heterocycles. The number of nitriles is 1. The van der Waals surface area contributed by atoms with Crippen LogP contribution in [0.3, 0.4) is 0 Å². The van der Waals surface area contributed by atoms with Crippen LogP contribution >= 0.6 is 11.6 Å². The molecule has 1 aromatic heterocycles. The molecule has 1 aromatic carbocycles. The first kappa shape index (κ1) is 13.3. The summed E-state index contributed by atoms with van der Waals surface area (Å²) in [5.41, 5.74) is 1.46. The third-order valence-corrected chi connectivity index (χ3v) is 3.57. The van der Waals surface area contributed by atoms with Crippen molar-refractivity contribution in [2.45, 2.75) is 6.54 Å². The smallest absolute Gasteiger partial charge is 0.299 e. The molecular formula is C15H8ClN3O2. The van der Waals surface area contributed by atoms with Crippen LogP contribution in [-0.2, 0) is 11.3 Å². The summed E-state index contributed by atoms with van der Waals surface area (Å²) in [4.78, 5) is 29.3. The zero-order valence-corrected chi connectivity index (χ0v) is 11.5. The summed E-state index contributed by atoms with van der Waals surface area (Å²) in [5, 5.41) is 9.38. The van der Waals surface area contributed by atoms with E-state index in [0.717, 1.165) is 0 Å². The number of rotatable bonds is 2. The first-order valence-electron chi connectivity index (χ1n) is 6.12. The fourth-order valence-corrected chi connectivity index (χ4v) is 2.58. The number of ketones is 1. The van der Waals surface area contributed by atoms with E-state index in [2.05, 4.69) is 4.98 Å². The number of nitrogens with zero attached hydrogens (tertiary/aromatic N) is 3. The molecule has 2 aromatic rings. The highest BCUT2D eigenvalue weighted by atomic mass is 35.5. The molecule has 1 aliphatic rings. The van der Waals surface area contributed by atoms with Crippen LogP contribution in [0, 0.1) is 11.3 Å². The number of pyridine rings is 1. The molecule has 0 spiro atoms. The van der Waals surface area contributed by atoms with Crippen molar-refractivity contribution in [1.82, 2.24) is 4.98 Å². The molecule has 21 heavy (non-hydrogen) atoms. The van der Waals surface area contributed by atoms with Gasteiger partial charge in [0, 0.05) is 11.8 Å². The van der Waals surface area contributed by atoms with Gasteiger partial charge in [-0.25, -0.2) is 4.98 Å². The van der Waals surface area contributed by atoms with E-state index < -0.39 is 11.7 Å². The largest absolute Gasteiger partial charge is 0.299 e. The van der Waals surface area contributed by atoms with Crippen LogP contribution in [0.15, 0.2) is 36.5 Å². The second-order valence-electron chi connectivity index (χ2n) is 4.48. The maximum absolute atomic E-state index is 12.1. The zero-order chi connectivity index (χ0) is 15.0. The Bertz CT molecular complexity index is 811. The maximum atomic E-state index is 12.1. The summed E-state index contributed by atoms with van der Waals surface area (Å²) in [6, 6.07) is 10.1. The standard InChI is InChI=1S/C15H8ClN3O2/c16-11-5-1-4-10-13(11)19(15(21)14(10)20)8-9-3-2-6-18-12(9)7-17/h1-6H,8H2. The number of benzene rings is 1. The first-order chi connectivity index (χ1) is 10.1. The third kappa shape index (κ3) is 2.06. The van der Waals surface area contributed by atoms with Gasteiger partial charge in [-0.05, 0) is 18.2 Å². The van der Waals surface area contributed by atoms with Crippen molar-refractivity contribution in [3.05, 3.63) is 58.4 Å². The molecule has 102 valence electrons. The molecule has 0 unspecified atom stereocenters. The van der Waals surface area contributed by atoms with Gasteiger partial charge in [0.15, 0.2) is 0 Å². The quantitative estimate of drug-likeness (QED) is 0.797. The minimum absolute atomic E-state index is 0.0814. The Balaban J connectivity index is 2.07. The van der Waals surface area contributed by atoms with E-state index in [9.17, 15) is 9.59 Å². The van der Waals surface area contributed by atoms with Crippen molar-refractivity contribution in [2.75, 3.05) is 4.90 Å². The highest BCUT2D eigenvalue weighted by molar-refractivity contribution is 6.54. The number of hydrogen-bond donors (Lipinski definition) is 0. The lowest BCUT2D eigenvalue weighted by atomic mass is 10.1. The van der Waals surface area contributed by atoms with E-state index >= 15 is 0 Å². The van der Waals surface area contributed by atoms with Gasteiger partial charge in [0.25, 0.3) is 11.7 Å². The van der Waals surface area contributed by atoms with E-state index in [0.29, 0.717) is 16.3 Å². The van der Waals surface area contributed by atoms with Crippen molar-refractivity contribution < 1.29 is 9.59 Å². The Morgan fingerprint density at radius 1 is 1.24 bits per heavy atom. The number of anilines is 1. The molecule has 3 rings (SSSR count). The zero-order valence-electron chi connectivity index (χ0n) is 10.7. The maximum Gasteiger partial charge on any atom is 0.299 e. The summed E-state index contributed by atoms with van der Waals surface area (Å²) in [7, 11) is 0. The van der Waals surface area contributed by atoms with Crippen LogP contribution in [0.5, 0.6) is 0 Å². The summed E-state index contributed by atoms with van der Waals surface area (Å²) < 4.78 is 0. The Morgan fingerprint density at radius 3 is 2.81 bits per heavy atom. The fourth-order valence-electron chi connectivity index (χ4n) is 2.30. The van der Waals surface area contributed by atoms with Crippen LogP contribution in [-0.4, -0.2) is 16.7 Å². The molecule has 0 saturated carbocycles. The average molecular weight is 298 g/mol. The lowest BCUT2D eigenvalue weighted by Crippen LogP contribution is -2.29. The highest BCUT2D eigenvalue weighted by Crippen LogP contribution is 2.36. The van der Waals surface area contributed by atoms with Gasteiger partial charge in [-0.1, -0.05) is 23.7 Å². The van der Waals surface area contributed by atoms with Gasteiger partial charge in [-0.2, -0.15) is 5.26 Å². The normalized spacial score (nSPS) is 13.2. The number of halogens is 1. The highest BCUT2D eigenvalue weighted by Gasteiger charge is 2.37. The molecule has 1 amide bonds. The molecule has 0 bridgehead atoms. The van der Waals surface area contributed by atoms with Crippen LogP contribution in [0.25, 0.3) is 0 Å². The minimum Gasteiger partial charge on any atom is -0.299 e. The van der Waals surface area contributed by atoms with Crippen molar-refractivity contribution in [3.8, 4) is 6.07 Å². The number of carbonyl (C=O) groups excluding carboxylic acids is 2. The second kappa shape index (κ2) is 5.00. The van der Waals surface area contributed by atoms with E-state index in [4.69, 9.17) is 16.9 Å². The number of fused-ring (bicyclic) bond motifs is 1. The average Bonchev–Trinajstić information content (AvgIpc) is 2.74.